The Hall–Kier alpha value is -2.73. The van der Waals surface area contributed by atoms with Crippen molar-refractivity contribution >= 4 is 12.2 Å². The van der Waals surface area contributed by atoms with Gasteiger partial charge in [0.1, 0.15) is 0 Å². The maximum Gasteiger partial charge on any atom is 0.286 e. The summed E-state index contributed by atoms with van der Waals surface area (Å²) >= 11 is 0. The van der Waals surface area contributed by atoms with Crippen molar-refractivity contribution in [1.29, 1.82) is 5.26 Å². The third-order valence-corrected chi connectivity index (χ3v) is 1.60. The van der Waals surface area contributed by atoms with E-state index < -0.39 is 0 Å². The first-order valence-corrected chi connectivity index (χ1v) is 8.88. The first-order valence-electron chi connectivity index (χ1n) is 8.88. The molecule has 0 bridgehead atoms. The molecule has 1 aromatic rings. The molecule has 1 rings (SSSR count). The summed E-state index contributed by atoms with van der Waals surface area (Å²) in [5, 5.41) is 7.59. The molecule has 26 heavy (non-hydrogen) atoms. The van der Waals surface area contributed by atoms with E-state index in [1.807, 2.05) is 71.9 Å². The van der Waals surface area contributed by atoms with Crippen LogP contribution in [0.1, 0.15) is 61.0 Å². The lowest BCUT2D eigenvalue weighted by molar-refractivity contribution is 0.291. The molecule has 0 heterocycles. The number of isocyanates is 2. The molecule has 0 aliphatic carbocycles. The molecule has 0 fully saturated rings. The van der Waals surface area contributed by atoms with E-state index in [0.29, 0.717) is 19.7 Å². The van der Waals surface area contributed by atoms with Crippen LogP contribution >= 0.6 is 0 Å². The van der Waals surface area contributed by atoms with Gasteiger partial charge in [-0.25, -0.2) is 19.6 Å². The van der Waals surface area contributed by atoms with Gasteiger partial charge in [0.2, 0.25) is 12.2 Å². The fourth-order valence-corrected chi connectivity index (χ4v) is 0.836. The lowest BCUT2D eigenvalue weighted by Crippen LogP contribution is -1.77. The van der Waals surface area contributed by atoms with Crippen molar-refractivity contribution in [2.24, 2.45) is 9.98 Å². The van der Waals surface area contributed by atoms with Crippen LogP contribution in [-0.2, 0) is 20.9 Å². The topological polar surface area (TPSA) is 91.9 Å². The van der Waals surface area contributed by atoms with Gasteiger partial charge in [-0.15, -0.1) is 0 Å². The van der Waals surface area contributed by atoms with Crippen LogP contribution in [0.4, 0.5) is 0 Å². The number of ether oxygens (including phenoxy) is 1. The third-order valence-electron chi connectivity index (χ3n) is 1.60. The highest BCUT2D eigenvalue weighted by molar-refractivity contribution is 5.33. The van der Waals surface area contributed by atoms with Crippen molar-refractivity contribution < 1.29 is 14.3 Å². The maximum absolute atomic E-state index is 9.69. The highest BCUT2D eigenvalue weighted by Crippen LogP contribution is 1.98. The largest absolute Gasteiger partial charge is 0.428 e. The van der Waals surface area contributed by atoms with Gasteiger partial charge < -0.3 is 4.74 Å². The molecule has 0 spiro atoms. The van der Waals surface area contributed by atoms with Gasteiger partial charge in [-0.3, -0.25) is 0 Å². The van der Waals surface area contributed by atoms with Crippen molar-refractivity contribution in [3.63, 3.8) is 0 Å². The van der Waals surface area contributed by atoms with Gasteiger partial charge in [0.05, 0.1) is 13.2 Å². The Morgan fingerprint density at radius 1 is 0.885 bits per heavy atom. The number of hydrogen-bond donors (Lipinski definition) is 0. The van der Waals surface area contributed by atoms with Crippen LogP contribution in [0, 0.1) is 11.5 Å². The summed E-state index contributed by atoms with van der Waals surface area (Å²) in [6.07, 6.45) is 4.40. The monoisotopic (exact) mass is 365 g/mol. The summed E-state index contributed by atoms with van der Waals surface area (Å²) in [7, 11) is 0. The van der Waals surface area contributed by atoms with E-state index in [2.05, 4.69) is 14.7 Å². The van der Waals surface area contributed by atoms with Crippen LogP contribution in [0.5, 0.6) is 0 Å². The smallest absolute Gasteiger partial charge is 0.286 e. The number of rotatable bonds is 4. The molecule has 0 aromatic heterocycles. The molecule has 6 heteroatoms. The van der Waals surface area contributed by atoms with Crippen molar-refractivity contribution in [1.82, 2.24) is 0 Å². The zero-order chi connectivity index (χ0) is 21.5. The number of aliphatic imine (C=N–C) groups is 2. The van der Waals surface area contributed by atoms with E-state index in [-0.39, 0.29) is 0 Å². The molecular weight excluding hydrogens is 330 g/mol. The molecule has 6 nitrogen and oxygen atoms in total. The normalized spacial score (nSPS) is 6.12. The highest BCUT2D eigenvalue weighted by Gasteiger charge is 1.84. The molecule has 1 aromatic carbocycles. The highest BCUT2D eigenvalue weighted by atomic mass is 16.5. The van der Waals surface area contributed by atoms with E-state index in [9.17, 15) is 4.79 Å². The predicted molar refractivity (Wildman–Crippen MR) is 108 cm³/mol. The molecule has 0 amide bonds. The molecule has 0 saturated heterocycles. The SMILES string of the molecule is CC.CC.CC.CCN=C=O.CCOC#N.O=C=NCc1ccccc1. The number of benzene rings is 1. The number of carbonyl (C=O) groups excluding carboxylic acids is 2. The second-order valence-corrected chi connectivity index (χ2v) is 2.98. The van der Waals surface area contributed by atoms with Gasteiger partial charge in [-0.05, 0) is 19.4 Å². The minimum Gasteiger partial charge on any atom is -0.428 e. The second kappa shape index (κ2) is 49.5. The summed E-state index contributed by atoms with van der Waals surface area (Å²) in [4.78, 5) is 25.4. The fourth-order valence-electron chi connectivity index (χ4n) is 0.836. The van der Waals surface area contributed by atoms with Crippen molar-refractivity contribution in [2.45, 2.75) is 61.9 Å². The van der Waals surface area contributed by atoms with Gasteiger partial charge in [0, 0.05) is 6.54 Å². The Kier molecular flexibility index (Phi) is 65.8. The summed E-state index contributed by atoms with van der Waals surface area (Å²) in [6, 6.07) is 9.58. The Bertz CT molecular complexity index is 459. The first-order chi connectivity index (χ1) is 12.8. The average molecular weight is 366 g/mol. The molecule has 0 N–H and O–H groups in total. The molecule has 0 aliphatic rings. The lowest BCUT2D eigenvalue weighted by Gasteiger charge is -1.89. The van der Waals surface area contributed by atoms with E-state index in [4.69, 9.17) is 10.1 Å². The van der Waals surface area contributed by atoms with Crippen molar-refractivity contribution in [2.75, 3.05) is 13.2 Å². The van der Waals surface area contributed by atoms with Crippen molar-refractivity contribution in [3.05, 3.63) is 35.9 Å². The summed E-state index contributed by atoms with van der Waals surface area (Å²) in [6.45, 7) is 17.0. The average Bonchev–Trinajstić information content (AvgIpc) is 2.74. The Morgan fingerprint density at radius 2 is 1.35 bits per heavy atom. The fraction of sp³-hybridized carbons (Fsp3) is 0.550. The number of nitrogens with zero attached hydrogens (tertiary/aromatic N) is 3. The third kappa shape index (κ3) is 49.6. The summed E-state index contributed by atoms with van der Waals surface area (Å²) < 4.78 is 4.14. The summed E-state index contributed by atoms with van der Waals surface area (Å²) in [5.41, 5.74) is 1.03. The molecule has 0 radical (unpaired) electrons. The van der Waals surface area contributed by atoms with E-state index in [1.54, 1.807) is 13.8 Å². The van der Waals surface area contributed by atoms with Crippen LogP contribution in [0.2, 0.25) is 0 Å². The van der Waals surface area contributed by atoms with E-state index in [0.717, 1.165) is 5.56 Å². The molecule has 148 valence electrons. The Morgan fingerprint density at radius 3 is 1.58 bits per heavy atom. The zero-order valence-electron chi connectivity index (χ0n) is 17.6. The van der Waals surface area contributed by atoms with Gasteiger partial charge in [0.15, 0.2) is 0 Å². The van der Waals surface area contributed by atoms with Crippen LogP contribution in [0.3, 0.4) is 0 Å². The standard InChI is InChI=1S/C8H7NO.2C3H5NO.3C2H6/c10-7-9-6-8-4-2-1-3-5-8;1-2-5-3-4;1-2-4-3-5;3*1-2/h1-5H,6H2;2*2H2,1H3;3*1-2H3. The second-order valence-electron chi connectivity index (χ2n) is 2.98. The zero-order valence-corrected chi connectivity index (χ0v) is 17.6. The maximum atomic E-state index is 9.69. The van der Waals surface area contributed by atoms with E-state index >= 15 is 0 Å². The quantitative estimate of drug-likeness (QED) is 0.403. The lowest BCUT2D eigenvalue weighted by atomic mass is 10.2. The van der Waals surface area contributed by atoms with Gasteiger partial charge >= 0.3 is 0 Å². The van der Waals surface area contributed by atoms with E-state index in [1.165, 1.54) is 18.4 Å². The summed E-state index contributed by atoms with van der Waals surface area (Å²) in [5.74, 6) is 0. The van der Waals surface area contributed by atoms with Crippen LogP contribution in [0.15, 0.2) is 40.3 Å². The molecule has 0 atom stereocenters. The molecular formula is C20H35N3O3. The van der Waals surface area contributed by atoms with Crippen LogP contribution < -0.4 is 0 Å². The minimum atomic E-state index is 0.435. The Labute approximate surface area is 159 Å². The molecule has 0 aliphatic heterocycles. The molecule has 0 saturated carbocycles. The number of nitriles is 1. The minimum absolute atomic E-state index is 0.435. The molecule has 0 unspecified atom stereocenters. The first kappa shape index (κ1) is 34.6. The van der Waals surface area contributed by atoms with Gasteiger partial charge in [0.25, 0.3) is 6.26 Å². The predicted octanol–water partition coefficient (Wildman–Crippen LogP) is 5.45. The number of hydrogen-bond acceptors (Lipinski definition) is 6. The van der Waals surface area contributed by atoms with Gasteiger partial charge in [-0.2, -0.15) is 5.26 Å². The Balaban J connectivity index is -0.0000000792. The van der Waals surface area contributed by atoms with Crippen LogP contribution in [-0.4, -0.2) is 25.3 Å². The van der Waals surface area contributed by atoms with Crippen LogP contribution in [0.25, 0.3) is 0 Å². The van der Waals surface area contributed by atoms with Gasteiger partial charge in [-0.1, -0.05) is 71.9 Å². The van der Waals surface area contributed by atoms with Crippen molar-refractivity contribution in [3.8, 4) is 6.26 Å².